The molecule has 1 fully saturated rings. The first kappa shape index (κ1) is 18.3. The predicted octanol–water partition coefficient (Wildman–Crippen LogP) is 3.26. The van der Waals surface area contributed by atoms with Crippen LogP contribution >= 0.6 is 0 Å². The Bertz CT molecular complexity index is 715. The van der Waals surface area contributed by atoms with Gasteiger partial charge in [0, 0.05) is 31.3 Å². The fraction of sp³-hybridized carbons (Fsp3) is 0.450. The normalized spacial score (nSPS) is 16.4. The van der Waals surface area contributed by atoms with E-state index in [9.17, 15) is 4.79 Å². The maximum atomic E-state index is 12.5. The van der Waals surface area contributed by atoms with Crippen molar-refractivity contribution in [3.8, 4) is 11.4 Å². The number of nitrogens with one attached hydrogen (secondary N) is 2. The van der Waals surface area contributed by atoms with Gasteiger partial charge in [-0.3, -0.25) is 4.79 Å². The third-order valence-electron chi connectivity index (χ3n) is 4.34. The molecule has 1 aliphatic rings. The van der Waals surface area contributed by atoms with Crippen molar-refractivity contribution in [2.75, 3.05) is 25.0 Å². The third kappa shape index (κ3) is 5.02. The third-order valence-corrected chi connectivity index (χ3v) is 4.34. The smallest absolute Gasteiger partial charge is 0.270 e. The highest BCUT2D eigenvalue weighted by atomic mass is 16.5. The van der Waals surface area contributed by atoms with Crippen LogP contribution in [-0.4, -0.2) is 41.7 Å². The van der Waals surface area contributed by atoms with Gasteiger partial charge in [0.15, 0.2) is 5.82 Å². The number of unbranched alkanes of at least 4 members (excludes halogenated alkanes) is 1. The molecule has 0 spiro atoms. The fourth-order valence-electron chi connectivity index (χ4n) is 2.86. The number of carbonyl (C=O) groups is 1. The van der Waals surface area contributed by atoms with Gasteiger partial charge in [0.05, 0.1) is 6.10 Å². The molecule has 138 valence electrons. The van der Waals surface area contributed by atoms with Gasteiger partial charge in [-0.2, -0.15) is 0 Å². The van der Waals surface area contributed by atoms with Crippen molar-refractivity contribution >= 4 is 11.7 Å². The van der Waals surface area contributed by atoms with E-state index in [-0.39, 0.29) is 12.0 Å². The molecule has 6 nitrogen and oxygen atoms in total. The summed E-state index contributed by atoms with van der Waals surface area (Å²) in [5.74, 6) is 1.02. The summed E-state index contributed by atoms with van der Waals surface area (Å²) in [5.41, 5.74) is 1.26. The lowest BCUT2D eigenvalue weighted by molar-refractivity contribution is 0.0948. The molecule has 6 heteroatoms. The summed E-state index contributed by atoms with van der Waals surface area (Å²) in [7, 11) is 0. The van der Waals surface area contributed by atoms with Crippen molar-refractivity contribution in [2.45, 2.75) is 38.7 Å². The van der Waals surface area contributed by atoms with E-state index in [1.807, 2.05) is 30.3 Å². The summed E-state index contributed by atoms with van der Waals surface area (Å²) < 4.78 is 5.65. The Labute approximate surface area is 154 Å². The average molecular weight is 354 g/mol. The van der Waals surface area contributed by atoms with E-state index in [4.69, 9.17) is 4.74 Å². The zero-order chi connectivity index (χ0) is 18.2. The first-order chi connectivity index (χ1) is 12.8. The highest BCUT2D eigenvalue weighted by Gasteiger charge is 2.17. The van der Waals surface area contributed by atoms with E-state index in [0.717, 1.165) is 37.9 Å². The molecule has 2 aromatic rings. The van der Waals surface area contributed by atoms with E-state index >= 15 is 0 Å². The minimum atomic E-state index is -0.168. The van der Waals surface area contributed by atoms with Crippen molar-refractivity contribution in [1.82, 2.24) is 15.3 Å². The second kappa shape index (κ2) is 9.29. The van der Waals surface area contributed by atoms with Crippen LogP contribution in [-0.2, 0) is 4.74 Å². The summed E-state index contributed by atoms with van der Waals surface area (Å²) in [4.78, 5) is 21.5. The van der Waals surface area contributed by atoms with Gasteiger partial charge in [0.25, 0.3) is 5.91 Å². The number of aromatic nitrogens is 2. The molecule has 0 bridgehead atoms. The Morgan fingerprint density at radius 3 is 2.85 bits per heavy atom. The minimum Gasteiger partial charge on any atom is -0.376 e. The first-order valence-electron chi connectivity index (χ1n) is 9.34. The summed E-state index contributed by atoms with van der Waals surface area (Å²) in [5, 5.41) is 6.22. The highest BCUT2D eigenvalue weighted by Crippen LogP contribution is 2.19. The van der Waals surface area contributed by atoms with Gasteiger partial charge in [-0.05, 0) is 19.3 Å². The second-order valence-corrected chi connectivity index (χ2v) is 6.45. The van der Waals surface area contributed by atoms with Crippen LogP contribution in [0.15, 0.2) is 36.4 Å². The van der Waals surface area contributed by atoms with Crippen LogP contribution < -0.4 is 10.6 Å². The molecule has 1 atom stereocenters. The Kier molecular flexibility index (Phi) is 6.55. The molecule has 1 aromatic carbocycles. The Morgan fingerprint density at radius 2 is 2.12 bits per heavy atom. The van der Waals surface area contributed by atoms with Crippen LogP contribution in [0.4, 0.5) is 5.82 Å². The predicted molar refractivity (Wildman–Crippen MR) is 102 cm³/mol. The molecule has 3 rings (SSSR count). The van der Waals surface area contributed by atoms with E-state index < -0.39 is 0 Å². The van der Waals surface area contributed by atoms with Crippen LogP contribution in [0.3, 0.4) is 0 Å². The molecule has 0 saturated carbocycles. The van der Waals surface area contributed by atoms with E-state index in [2.05, 4.69) is 27.5 Å². The molecule has 26 heavy (non-hydrogen) atoms. The lowest BCUT2D eigenvalue weighted by Gasteiger charge is -2.13. The monoisotopic (exact) mass is 354 g/mol. The number of anilines is 1. The SMILES string of the molecule is CCCCNC(=O)c1cc(NCC2CCCO2)nc(-c2ccccc2)n1. The average Bonchev–Trinajstić information content (AvgIpc) is 3.20. The largest absolute Gasteiger partial charge is 0.376 e. The second-order valence-electron chi connectivity index (χ2n) is 6.45. The Balaban J connectivity index is 1.80. The number of rotatable bonds is 8. The lowest BCUT2D eigenvalue weighted by atomic mass is 10.2. The molecule has 1 aliphatic heterocycles. The number of benzene rings is 1. The number of amides is 1. The van der Waals surface area contributed by atoms with Crippen LogP contribution in [0, 0.1) is 0 Å². The molecule has 2 heterocycles. The van der Waals surface area contributed by atoms with Crippen LogP contribution in [0.1, 0.15) is 43.1 Å². The molecule has 0 radical (unpaired) electrons. The van der Waals surface area contributed by atoms with Gasteiger partial charge < -0.3 is 15.4 Å². The number of ether oxygens (including phenoxy) is 1. The topological polar surface area (TPSA) is 76.1 Å². The Hall–Kier alpha value is -2.47. The van der Waals surface area contributed by atoms with Gasteiger partial charge in [-0.1, -0.05) is 43.7 Å². The van der Waals surface area contributed by atoms with Crippen molar-refractivity contribution in [2.24, 2.45) is 0 Å². The molecular weight excluding hydrogens is 328 g/mol. The lowest BCUT2D eigenvalue weighted by Crippen LogP contribution is -2.26. The minimum absolute atomic E-state index is 0.168. The molecule has 2 N–H and O–H groups in total. The first-order valence-corrected chi connectivity index (χ1v) is 9.34. The Morgan fingerprint density at radius 1 is 1.27 bits per heavy atom. The van der Waals surface area contributed by atoms with E-state index in [0.29, 0.717) is 30.4 Å². The van der Waals surface area contributed by atoms with Crippen LogP contribution in [0.5, 0.6) is 0 Å². The quantitative estimate of drug-likeness (QED) is 0.712. The number of nitrogens with zero attached hydrogens (tertiary/aromatic N) is 2. The van der Waals surface area contributed by atoms with Crippen molar-refractivity contribution in [3.05, 3.63) is 42.1 Å². The van der Waals surface area contributed by atoms with Crippen LogP contribution in [0.25, 0.3) is 11.4 Å². The summed E-state index contributed by atoms with van der Waals surface area (Å²) in [6.07, 6.45) is 4.33. The number of hydrogen-bond donors (Lipinski definition) is 2. The maximum absolute atomic E-state index is 12.5. The highest BCUT2D eigenvalue weighted by molar-refractivity contribution is 5.93. The molecular formula is C20H26N4O2. The van der Waals surface area contributed by atoms with Gasteiger partial charge in [0.2, 0.25) is 0 Å². The zero-order valence-electron chi connectivity index (χ0n) is 15.2. The zero-order valence-corrected chi connectivity index (χ0v) is 15.2. The number of carbonyl (C=O) groups excluding carboxylic acids is 1. The summed E-state index contributed by atoms with van der Waals surface area (Å²) >= 11 is 0. The standard InChI is InChI=1S/C20H26N4O2/c1-2-3-11-21-20(25)17-13-18(22-14-16-10-7-12-26-16)24-19(23-17)15-8-5-4-6-9-15/h4-6,8-9,13,16H,2-3,7,10-12,14H2,1H3,(H,21,25)(H,22,23,24). The van der Waals surface area contributed by atoms with Crippen LogP contribution in [0.2, 0.25) is 0 Å². The van der Waals surface area contributed by atoms with Crippen molar-refractivity contribution in [3.63, 3.8) is 0 Å². The van der Waals surface area contributed by atoms with Crippen molar-refractivity contribution in [1.29, 1.82) is 0 Å². The molecule has 1 saturated heterocycles. The van der Waals surface area contributed by atoms with Gasteiger partial charge in [-0.25, -0.2) is 9.97 Å². The van der Waals surface area contributed by atoms with Crippen molar-refractivity contribution < 1.29 is 9.53 Å². The molecule has 0 aliphatic carbocycles. The fourth-order valence-corrected chi connectivity index (χ4v) is 2.86. The maximum Gasteiger partial charge on any atom is 0.270 e. The molecule has 1 unspecified atom stereocenters. The number of hydrogen-bond acceptors (Lipinski definition) is 5. The van der Waals surface area contributed by atoms with Gasteiger partial charge >= 0.3 is 0 Å². The summed E-state index contributed by atoms with van der Waals surface area (Å²) in [6, 6.07) is 11.4. The van der Waals surface area contributed by atoms with Gasteiger partial charge in [0.1, 0.15) is 11.5 Å². The molecule has 1 amide bonds. The van der Waals surface area contributed by atoms with E-state index in [1.54, 1.807) is 6.07 Å². The van der Waals surface area contributed by atoms with Gasteiger partial charge in [-0.15, -0.1) is 0 Å². The van der Waals surface area contributed by atoms with E-state index in [1.165, 1.54) is 0 Å². The molecule has 1 aromatic heterocycles. The summed E-state index contributed by atoms with van der Waals surface area (Å²) in [6.45, 7) is 4.24.